The van der Waals surface area contributed by atoms with E-state index in [9.17, 15) is 4.79 Å². The van der Waals surface area contributed by atoms with Gasteiger partial charge in [0, 0.05) is 13.8 Å². The molecule has 0 fully saturated rings. The van der Waals surface area contributed by atoms with E-state index >= 15 is 0 Å². The van der Waals surface area contributed by atoms with E-state index in [-0.39, 0.29) is 13.1 Å². The predicted octanol–water partition coefficient (Wildman–Crippen LogP) is 9.66. The molecule has 0 aliphatic heterocycles. The van der Waals surface area contributed by atoms with E-state index in [1.807, 2.05) is 13.8 Å². The molecule has 7 rings (SSSR count). The van der Waals surface area contributed by atoms with Gasteiger partial charge >= 0.3 is 0 Å². The highest BCUT2D eigenvalue weighted by molar-refractivity contribution is 6.25. The predicted molar refractivity (Wildman–Crippen MR) is 153 cm³/mol. The minimum Gasteiger partial charge on any atom is -0.300 e. The van der Waals surface area contributed by atoms with E-state index in [0.717, 1.165) is 0 Å². The van der Waals surface area contributed by atoms with E-state index in [1.54, 1.807) is 6.92 Å². The van der Waals surface area contributed by atoms with E-state index in [1.165, 1.54) is 65.3 Å². The standard InChI is InChI=1S/C32H22O.C2H6.H2/c1-19(33)18-28-29-24-14-6-2-10-20(24)22-12-4-8-16-26(22)31(29)32-27-17-9-5-13-23(27)21-11-3-7-15-25(21)30(28)32;1-2;/h2-17,28H,18H2,1H3;1-2H3;1H. The summed E-state index contributed by atoms with van der Waals surface area (Å²) in [5.41, 5.74) is 5.26. The lowest BCUT2D eigenvalue weighted by molar-refractivity contribution is -0.117. The fourth-order valence-corrected chi connectivity index (χ4v) is 6.24. The van der Waals surface area contributed by atoms with Gasteiger partial charge in [0.2, 0.25) is 0 Å². The van der Waals surface area contributed by atoms with Gasteiger partial charge in [-0.3, -0.25) is 4.79 Å². The third-order valence-corrected chi connectivity index (χ3v) is 7.38. The van der Waals surface area contributed by atoms with Crippen molar-refractivity contribution in [3.05, 3.63) is 108 Å². The molecule has 0 atom stereocenters. The smallest absolute Gasteiger partial charge is 0.130 e. The second-order valence-electron chi connectivity index (χ2n) is 9.22. The number of ketones is 1. The zero-order chi connectivity index (χ0) is 24.1. The molecular weight excluding hydrogens is 424 g/mol. The normalized spacial score (nSPS) is 12.5. The maximum Gasteiger partial charge on any atom is 0.130 e. The molecule has 0 saturated heterocycles. The number of rotatable bonds is 2. The number of Topliss-reactive ketones (excluding diaryl/α,β-unsaturated/α-hetero) is 1. The quantitative estimate of drug-likeness (QED) is 0.238. The molecule has 0 bridgehead atoms. The summed E-state index contributed by atoms with van der Waals surface area (Å²) in [6, 6.07) is 34.9. The van der Waals surface area contributed by atoms with Crippen LogP contribution in [0.2, 0.25) is 0 Å². The third kappa shape index (κ3) is 3.04. The molecule has 1 heteroatoms. The molecule has 1 aliphatic carbocycles. The molecule has 0 radical (unpaired) electrons. The van der Waals surface area contributed by atoms with Gasteiger partial charge in [0.25, 0.3) is 0 Å². The first-order chi connectivity index (χ1) is 17.2. The average molecular weight is 455 g/mol. The summed E-state index contributed by atoms with van der Waals surface area (Å²) < 4.78 is 0. The third-order valence-electron chi connectivity index (χ3n) is 7.38. The van der Waals surface area contributed by atoms with Crippen LogP contribution < -0.4 is 0 Å². The lowest BCUT2D eigenvalue weighted by Crippen LogP contribution is -2.04. The van der Waals surface area contributed by atoms with Crippen molar-refractivity contribution in [1.29, 1.82) is 0 Å². The van der Waals surface area contributed by atoms with Crippen LogP contribution in [0, 0.1) is 0 Å². The number of hydrogen-bond acceptors (Lipinski definition) is 1. The largest absolute Gasteiger partial charge is 0.300 e. The summed E-state index contributed by atoms with van der Waals surface area (Å²) >= 11 is 0. The van der Waals surface area contributed by atoms with E-state index < -0.39 is 0 Å². The Hall–Kier alpha value is -3.97. The summed E-state index contributed by atoms with van der Waals surface area (Å²) in [7, 11) is 0. The molecular formula is C34H30O. The molecule has 1 aliphatic rings. The fourth-order valence-electron chi connectivity index (χ4n) is 6.24. The summed E-state index contributed by atoms with van der Waals surface area (Å²) in [5, 5.41) is 10.2. The summed E-state index contributed by atoms with van der Waals surface area (Å²) in [5.74, 6) is 0.282. The minimum absolute atomic E-state index is 0. The van der Waals surface area contributed by atoms with Crippen molar-refractivity contribution in [1.82, 2.24) is 0 Å². The van der Waals surface area contributed by atoms with Crippen LogP contribution in [-0.2, 0) is 4.79 Å². The molecule has 0 aromatic heterocycles. The van der Waals surface area contributed by atoms with Gasteiger partial charge in [0.05, 0.1) is 0 Å². The summed E-state index contributed by atoms with van der Waals surface area (Å²) in [6.07, 6.45) is 0.519. The number of benzene rings is 6. The van der Waals surface area contributed by atoms with Crippen LogP contribution in [0.4, 0.5) is 0 Å². The molecule has 35 heavy (non-hydrogen) atoms. The Bertz CT molecular complexity index is 1650. The van der Waals surface area contributed by atoms with E-state index in [0.29, 0.717) is 6.42 Å². The molecule has 0 heterocycles. The first-order valence-electron chi connectivity index (χ1n) is 12.6. The average Bonchev–Trinajstić information content (AvgIpc) is 3.25. The minimum atomic E-state index is 0. The van der Waals surface area contributed by atoms with Gasteiger partial charge in [-0.25, -0.2) is 0 Å². The highest BCUT2D eigenvalue weighted by Gasteiger charge is 2.36. The molecule has 0 spiro atoms. The Morgan fingerprint density at radius 3 is 1.17 bits per heavy atom. The number of carbonyl (C=O) groups excluding carboxylic acids is 1. The van der Waals surface area contributed by atoms with E-state index in [2.05, 4.69) is 97.1 Å². The monoisotopic (exact) mass is 454 g/mol. The lowest BCUT2D eigenvalue weighted by atomic mass is 9.85. The van der Waals surface area contributed by atoms with Gasteiger partial charge in [0.1, 0.15) is 5.78 Å². The highest BCUT2D eigenvalue weighted by Crippen LogP contribution is 2.57. The Balaban J connectivity index is 0.000000869. The number of carbonyl (C=O) groups is 1. The zero-order valence-electron chi connectivity index (χ0n) is 20.4. The fraction of sp³-hybridized carbons (Fsp3) is 0.147. The Labute approximate surface area is 207 Å². The Morgan fingerprint density at radius 2 is 0.829 bits per heavy atom. The molecule has 6 aromatic carbocycles. The van der Waals surface area contributed by atoms with Gasteiger partial charge in [-0.1, -0.05) is 111 Å². The van der Waals surface area contributed by atoms with Crippen LogP contribution in [0.15, 0.2) is 97.1 Å². The molecule has 0 amide bonds. The Morgan fingerprint density at radius 1 is 0.543 bits per heavy atom. The van der Waals surface area contributed by atoms with Gasteiger partial charge in [-0.2, -0.15) is 0 Å². The first kappa shape index (κ1) is 21.6. The molecule has 6 aromatic rings. The van der Waals surface area contributed by atoms with Crippen molar-refractivity contribution in [3.8, 4) is 11.1 Å². The van der Waals surface area contributed by atoms with Crippen LogP contribution in [-0.4, -0.2) is 5.78 Å². The molecule has 0 unspecified atom stereocenters. The molecule has 0 N–H and O–H groups in total. The van der Waals surface area contributed by atoms with Crippen molar-refractivity contribution < 1.29 is 6.22 Å². The van der Waals surface area contributed by atoms with Crippen LogP contribution in [0.25, 0.3) is 54.2 Å². The topological polar surface area (TPSA) is 17.1 Å². The molecule has 172 valence electrons. The summed E-state index contributed by atoms with van der Waals surface area (Å²) in [4.78, 5) is 12.6. The maximum absolute atomic E-state index is 12.6. The van der Waals surface area contributed by atoms with Crippen molar-refractivity contribution in [2.45, 2.75) is 33.1 Å². The van der Waals surface area contributed by atoms with Crippen molar-refractivity contribution in [2.24, 2.45) is 0 Å². The van der Waals surface area contributed by atoms with Crippen molar-refractivity contribution in [3.63, 3.8) is 0 Å². The van der Waals surface area contributed by atoms with Crippen molar-refractivity contribution >= 4 is 48.9 Å². The summed E-state index contributed by atoms with van der Waals surface area (Å²) in [6.45, 7) is 5.73. The SMILES string of the molecule is CC.CC(=O)CC1c2c(c3ccccc3c3ccccc23)-c2c1c1ccccc1c1ccccc21.[HH]. The highest BCUT2D eigenvalue weighted by atomic mass is 16.1. The molecule has 1 nitrogen and oxygen atoms in total. The van der Waals surface area contributed by atoms with Gasteiger partial charge in [-0.15, -0.1) is 0 Å². The van der Waals surface area contributed by atoms with Gasteiger partial charge in [0.15, 0.2) is 0 Å². The second-order valence-corrected chi connectivity index (χ2v) is 9.22. The molecule has 0 saturated carbocycles. The van der Waals surface area contributed by atoms with Crippen LogP contribution >= 0.6 is 0 Å². The number of hydrogen-bond donors (Lipinski definition) is 0. The zero-order valence-corrected chi connectivity index (χ0v) is 20.4. The lowest BCUT2D eigenvalue weighted by Gasteiger charge is -2.17. The van der Waals surface area contributed by atoms with Crippen LogP contribution in [0.5, 0.6) is 0 Å². The van der Waals surface area contributed by atoms with Crippen LogP contribution in [0.3, 0.4) is 0 Å². The second kappa shape index (κ2) is 8.36. The Kier molecular flexibility index (Phi) is 5.15. The maximum atomic E-state index is 12.6. The van der Waals surface area contributed by atoms with Gasteiger partial charge < -0.3 is 0 Å². The van der Waals surface area contributed by atoms with E-state index in [4.69, 9.17) is 0 Å². The first-order valence-corrected chi connectivity index (χ1v) is 12.6. The van der Waals surface area contributed by atoms with Gasteiger partial charge in [-0.05, 0) is 72.3 Å². The van der Waals surface area contributed by atoms with Crippen LogP contribution in [0.1, 0.15) is 45.7 Å². The number of fused-ring (bicyclic) bond motifs is 13. The van der Waals surface area contributed by atoms with Crippen molar-refractivity contribution in [2.75, 3.05) is 0 Å².